The quantitative estimate of drug-likeness (QED) is 0.793. The maximum absolute atomic E-state index is 12.0. The summed E-state index contributed by atoms with van der Waals surface area (Å²) in [7, 11) is 3.42. The smallest absolute Gasteiger partial charge is 0.248 e. The average Bonchev–Trinajstić information content (AvgIpc) is 2.43. The van der Waals surface area contributed by atoms with E-state index in [9.17, 15) is 4.79 Å². The summed E-state index contributed by atoms with van der Waals surface area (Å²) in [6.07, 6.45) is 0.0597. The van der Waals surface area contributed by atoms with Crippen molar-refractivity contribution in [2.75, 3.05) is 20.8 Å². The fourth-order valence-corrected chi connectivity index (χ4v) is 1.68. The minimum atomic E-state index is -0.0241. The van der Waals surface area contributed by atoms with Crippen LogP contribution in [0.25, 0.3) is 0 Å². The van der Waals surface area contributed by atoms with Crippen LogP contribution in [0.5, 0.6) is 5.75 Å². The lowest BCUT2D eigenvalue weighted by atomic mass is 10.1. The number of ether oxygens (including phenoxy) is 2. The number of carbonyl (C=O) groups is 1. The first-order valence-electron chi connectivity index (χ1n) is 6.47. The van der Waals surface area contributed by atoms with Gasteiger partial charge in [0, 0.05) is 7.05 Å². The van der Waals surface area contributed by atoms with Gasteiger partial charge in [-0.15, -0.1) is 0 Å². The van der Waals surface area contributed by atoms with E-state index in [2.05, 4.69) is 0 Å². The summed E-state index contributed by atoms with van der Waals surface area (Å²) >= 11 is 0. The number of hydrogen-bond acceptors (Lipinski definition) is 3. The molecule has 19 heavy (non-hydrogen) atoms. The maximum atomic E-state index is 12.0. The van der Waals surface area contributed by atoms with Gasteiger partial charge in [-0.3, -0.25) is 4.79 Å². The average molecular weight is 265 g/mol. The van der Waals surface area contributed by atoms with Crippen LogP contribution in [0.3, 0.4) is 0 Å². The van der Waals surface area contributed by atoms with E-state index >= 15 is 0 Å². The van der Waals surface area contributed by atoms with Crippen LogP contribution in [-0.4, -0.2) is 37.7 Å². The highest BCUT2D eigenvalue weighted by Crippen LogP contribution is 2.22. The summed E-state index contributed by atoms with van der Waals surface area (Å²) in [5.41, 5.74) is 1.04. The van der Waals surface area contributed by atoms with Crippen LogP contribution in [0.15, 0.2) is 24.3 Å². The van der Waals surface area contributed by atoms with E-state index in [4.69, 9.17) is 9.47 Å². The summed E-state index contributed by atoms with van der Waals surface area (Å²) in [4.78, 5) is 13.7. The number of hydrogen-bond donors (Lipinski definition) is 0. The highest BCUT2D eigenvalue weighted by molar-refractivity contribution is 5.77. The summed E-state index contributed by atoms with van der Waals surface area (Å²) in [6.45, 7) is 5.93. The molecule has 0 aliphatic carbocycles. The molecule has 1 amide bonds. The zero-order valence-corrected chi connectivity index (χ0v) is 12.3. The van der Waals surface area contributed by atoms with Crippen molar-refractivity contribution in [1.82, 2.24) is 4.90 Å². The Hall–Kier alpha value is -1.55. The predicted octanol–water partition coefficient (Wildman–Crippen LogP) is 2.64. The standard InChI is InChI=1S/C15H23NO3/c1-11(2)19-10-15(17)16(4)12(3)13-7-6-8-14(9-13)18-5/h6-9,11-12H,10H2,1-5H3. The Morgan fingerprint density at radius 1 is 1.32 bits per heavy atom. The van der Waals surface area contributed by atoms with Gasteiger partial charge in [-0.2, -0.15) is 0 Å². The second kappa shape index (κ2) is 7.14. The number of carbonyl (C=O) groups excluding carboxylic acids is 1. The summed E-state index contributed by atoms with van der Waals surface area (Å²) in [6, 6.07) is 7.73. The molecular weight excluding hydrogens is 242 g/mol. The van der Waals surface area contributed by atoms with E-state index in [1.807, 2.05) is 45.0 Å². The van der Waals surface area contributed by atoms with Crippen molar-refractivity contribution in [2.45, 2.75) is 32.9 Å². The molecule has 0 saturated carbocycles. The normalized spacial score (nSPS) is 12.3. The van der Waals surface area contributed by atoms with Crippen molar-refractivity contribution >= 4 is 5.91 Å². The third kappa shape index (κ3) is 4.56. The fraction of sp³-hybridized carbons (Fsp3) is 0.533. The molecule has 1 aromatic rings. The Bertz CT molecular complexity index is 418. The fourth-order valence-electron chi connectivity index (χ4n) is 1.68. The van der Waals surface area contributed by atoms with Gasteiger partial charge in [-0.05, 0) is 38.5 Å². The molecule has 1 aromatic carbocycles. The van der Waals surface area contributed by atoms with E-state index in [-0.39, 0.29) is 24.7 Å². The van der Waals surface area contributed by atoms with E-state index in [0.29, 0.717) is 0 Å². The molecule has 0 aliphatic heterocycles. The molecule has 1 rings (SSSR count). The Labute approximate surface area is 115 Å². The van der Waals surface area contributed by atoms with Crippen LogP contribution in [0.4, 0.5) is 0 Å². The number of methoxy groups -OCH3 is 1. The molecule has 0 aromatic heterocycles. The van der Waals surface area contributed by atoms with Gasteiger partial charge < -0.3 is 14.4 Å². The van der Waals surface area contributed by atoms with Crippen LogP contribution in [0.1, 0.15) is 32.4 Å². The van der Waals surface area contributed by atoms with Gasteiger partial charge in [0.1, 0.15) is 12.4 Å². The zero-order valence-electron chi connectivity index (χ0n) is 12.3. The number of nitrogens with zero attached hydrogens (tertiary/aromatic N) is 1. The Kier molecular flexibility index (Phi) is 5.83. The molecule has 106 valence electrons. The van der Waals surface area contributed by atoms with E-state index in [1.165, 1.54) is 0 Å². The Morgan fingerprint density at radius 3 is 2.58 bits per heavy atom. The van der Waals surface area contributed by atoms with Crippen molar-refractivity contribution in [3.8, 4) is 5.75 Å². The predicted molar refractivity (Wildman–Crippen MR) is 75.3 cm³/mol. The minimum absolute atomic E-state index is 0.0154. The molecule has 4 heteroatoms. The van der Waals surface area contributed by atoms with Crippen molar-refractivity contribution < 1.29 is 14.3 Å². The topological polar surface area (TPSA) is 38.8 Å². The second-order valence-corrected chi connectivity index (χ2v) is 4.82. The first kappa shape index (κ1) is 15.5. The molecule has 0 N–H and O–H groups in total. The van der Waals surface area contributed by atoms with Gasteiger partial charge in [-0.25, -0.2) is 0 Å². The van der Waals surface area contributed by atoms with Crippen molar-refractivity contribution in [1.29, 1.82) is 0 Å². The van der Waals surface area contributed by atoms with Gasteiger partial charge in [0.15, 0.2) is 0 Å². The van der Waals surface area contributed by atoms with Crippen LogP contribution in [0.2, 0.25) is 0 Å². The summed E-state index contributed by atoms with van der Waals surface area (Å²) in [5, 5.41) is 0. The molecule has 0 spiro atoms. The van der Waals surface area contributed by atoms with Crippen LogP contribution >= 0.6 is 0 Å². The third-order valence-corrected chi connectivity index (χ3v) is 3.09. The van der Waals surface area contributed by atoms with Crippen molar-refractivity contribution in [3.63, 3.8) is 0 Å². The van der Waals surface area contributed by atoms with Crippen LogP contribution in [-0.2, 0) is 9.53 Å². The highest BCUT2D eigenvalue weighted by Gasteiger charge is 2.18. The largest absolute Gasteiger partial charge is 0.497 e. The second-order valence-electron chi connectivity index (χ2n) is 4.82. The molecule has 0 bridgehead atoms. The minimum Gasteiger partial charge on any atom is -0.497 e. The van der Waals surface area contributed by atoms with Crippen LogP contribution in [0, 0.1) is 0 Å². The molecule has 0 heterocycles. The monoisotopic (exact) mass is 265 g/mol. The van der Waals surface area contributed by atoms with Crippen molar-refractivity contribution in [2.24, 2.45) is 0 Å². The first-order valence-corrected chi connectivity index (χ1v) is 6.47. The molecule has 1 atom stereocenters. The van der Waals surface area contributed by atoms with E-state index in [0.717, 1.165) is 11.3 Å². The molecule has 0 radical (unpaired) electrons. The van der Waals surface area contributed by atoms with E-state index < -0.39 is 0 Å². The molecule has 0 fully saturated rings. The number of rotatable bonds is 6. The van der Waals surface area contributed by atoms with Gasteiger partial charge >= 0.3 is 0 Å². The lowest BCUT2D eigenvalue weighted by molar-refractivity contribution is -0.138. The first-order chi connectivity index (χ1) is 8.95. The number of benzene rings is 1. The van der Waals surface area contributed by atoms with Crippen molar-refractivity contribution in [3.05, 3.63) is 29.8 Å². The molecule has 0 saturated heterocycles. The van der Waals surface area contributed by atoms with Gasteiger partial charge in [0.05, 0.1) is 19.3 Å². The molecular formula is C15H23NO3. The SMILES string of the molecule is COc1cccc(C(C)N(C)C(=O)COC(C)C)c1. The lowest BCUT2D eigenvalue weighted by Gasteiger charge is -2.26. The summed E-state index contributed by atoms with van der Waals surface area (Å²) < 4.78 is 10.5. The number of amides is 1. The van der Waals surface area contributed by atoms with Gasteiger partial charge in [0.25, 0.3) is 0 Å². The van der Waals surface area contributed by atoms with Gasteiger partial charge in [0.2, 0.25) is 5.91 Å². The molecule has 1 unspecified atom stereocenters. The Morgan fingerprint density at radius 2 is 2.00 bits per heavy atom. The lowest BCUT2D eigenvalue weighted by Crippen LogP contribution is -2.33. The zero-order chi connectivity index (χ0) is 14.4. The Balaban J connectivity index is 2.69. The molecule has 0 aliphatic rings. The number of likely N-dealkylation sites (N-methyl/N-ethyl adjacent to an activating group) is 1. The summed E-state index contributed by atoms with van der Waals surface area (Å²) in [5.74, 6) is 0.771. The van der Waals surface area contributed by atoms with Gasteiger partial charge in [-0.1, -0.05) is 12.1 Å². The highest BCUT2D eigenvalue weighted by atomic mass is 16.5. The molecule has 4 nitrogen and oxygen atoms in total. The maximum Gasteiger partial charge on any atom is 0.248 e. The van der Waals surface area contributed by atoms with E-state index in [1.54, 1.807) is 19.1 Å². The third-order valence-electron chi connectivity index (χ3n) is 3.09. The van der Waals surface area contributed by atoms with Crippen LogP contribution < -0.4 is 4.74 Å².